The Hall–Kier alpha value is -2.76. The number of hydrogen-bond acceptors (Lipinski definition) is 3. The van der Waals surface area contributed by atoms with Gasteiger partial charge in [-0.25, -0.2) is 0 Å². The number of halogens is 1. The molecule has 0 aliphatic rings. The lowest BCUT2D eigenvalue weighted by Crippen LogP contribution is -2.24. The third-order valence-electron chi connectivity index (χ3n) is 4.43. The van der Waals surface area contributed by atoms with Crippen LogP contribution in [0.15, 0.2) is 77.7 Å². The summed E-state index contributed by atoms with van der Waals surface area (Å²) in [5.74, 6) is -0.229. The molecule has 0 radical (unpaired) electrons. The summed E-state index contributed by atoms with van der Waals surface area (Å²) >= 11 is 7.37. The minimum Gasteiger partial charge on any atom is -0.325 e. The molecule has 0 aliphatic heterocycles. The molecule has 0 spiro atoms. The monoisotopic (exact) mass is 438 g/mol. The van der Waals surface area contributed by atoms with Gasteiger partial charge in [0.25, 0.3) is 5.91 Å². The number of thioether (sulfide) groups is 1. The second kappa shape index (κ2) is 10.3. The third-order valence-corrected chi connectivity index (χ3v) is 6.04. The molecule has 3 aromatic rings. The van der Waals surface area contributed by atoms with Gasteiger partial charge in [-0.05, 0) is 67.9 Å². The zero-order valence-electron chi connectivity index (χ0n) is 16.8. The highest BCUT2D eigenvalue weighted by atomic mass is 35.5. The molecule has 6 heteroatoms. The van der Waals surface area contributed by atoms with Crippen molar-refractivity contribution in [1.82, 2.24) is 0 Å². The first-order chi connectivity index (χ1) is 14.4. The average Bonchev–Trinajstić information content (AvgIpc) is 2.74. The molecule has 0 saturated heterocycles. The minimum atomic E-state index is -0.261. The maximum absolute atomic E-state index is 12.7. The Morgan fingerprint density at radius 1 is 0.933 bits per heavy atom. The van der Waals surface area contributed by atoms with E-state index in [2.05, 4.69) is 10.6 Å². The summed E-state index contributed by atoms with van der Waals surface area (Å²) in [6, 6.07) is 22.0. The number of rotatable bonds is 7. The van der Waals surface area contributed by atoms with Gasteiger partial charge in [-0.1, -0.05) is 42.3 Å². The van der Waals surface area contributed by atoms with Crippen LogP contribution in [0, 0.1) is 6.92 Å². The number of nitrogens with one attached hydrogen (secondary N) is 2. The van der Waals surface area contributed by atoms with E-state index in [0.29, 0.717) is 28.4 Å². The van der Waals surface area contributed by atoms with E-state index in [4.69, 9.17) is 11.6 Å². The Balaban J connectivity index is 1.66. The fourth-order valence-electron chi connectivity index (χ4n) is 2.88. The molecule has 0 heterocycles. The van der Waals surface area contributed by atoms with Gasteiger partial charge in [0.15, 0.2) is 0 Å². The molecule has 0 fully saturated rings. The Labute approximate surface area is 186 Å². The van der Waals surface area contributed by atoms with E-state index in [1.807, 2.05) is 56.3 Å². The van der Waals surface area contributed by atoms with Crippen LogP contribution in [0.4, 0.5) is 11.4 Å². The number of carbonyl (C=O) groups is 2. The van der Waals surface area contributed by atoms with E-state index in [-0.39, 0.29) is 17.1 Å². The number of anilines is 2. The molecular formula is C24H23ClN2O2S. The smallest absolute Gasteiger partial charge is 0.255 e. The number of aryl methyl sites for hydroxylation is 1. The van der Waals surface area contributed by atoms with E-state index in [9.17, 15) is 9.59 Å². The molecule has 4 nitrogen and oxygen atoms in total. The van der Waals surface area contributed by atoms with E-state index in [0.717, 1.165) is 10.5 Å². The number of carbonyl (C=O) groups excluding carboxylic acids is 2. The molecule has 3 rings (SSSR count). The van der Waals surface area contributed by atoms with Crippen LogP contribution in [0.1, 0.15) is 29.3 Å². The minimum absolute atomic E-state index is 0.0704. The van der Waals surface area contributed by atoms with E-state index in [1.54, 1.807) is 30.3 Å². The fraction of sp³-hybridized carbons (Fsp3) is 0.167. The zero-order chi connectivity index (χ0) is 21.5. The van der Waals surface area contributed by atoms with Crippen LogP contribution >= 0.6 is 23.4 Å². The molecule has 1 atom stereocenters. The number of amides is 2. The molecule has 2 N–H and O–H groups in total. The van der Waals surface area contributed by atoms with Crippen molar-refractivity contribution >= 4 is 46.6 Å². The highest BCUT2D eigenvalue weighted by Crippen LogP contribution is 2.29. The number of hydrogen-bond donors (Lipinski definition) is 2. The van der Waals surface area contributed by atoms with Crippen molar-refractivity contribution in [2.75, 3.05) is 10.6 Å². The third kappa shape index (κ3) is 6.12. The summed E-state index contributed by atoms with van der Waals surface area (Å²) in [4.78, 5) is 26.1. The van der Waals surface area contributed by atoms with Gasteiger partial charge in [0, 0.05) is 26.9 Å². The van der Waals surface area contributed by atoms with Crippen LogP contribution in [0.5, 0.6) is 0 Å². The molecular weight excluding hydrogens is 416 g/mol. The predicted octanol–water partition coefficient (Wildman–Crippen LogP) is 6.41. The van der Waals surface area contributed by atoms with E-state index in [1.165, 1.54) is 11.8 Å². The lowest BCUT2D eigenvalue weighted by molar-refractivity contribution is -0.115. The summed E-state index contributed by atoms with van der Waals surface area (Å²) in [5.41, 5.74) is 3.05. The molecule has 3 aromatic carbocycles. The maximum atomic E-state index is 12.7. The highest BCUT2D eigenvalue weighted by Gasteiger charge is 2.18. The zero-order valence-corrected chi connectivity index (χ0v) is 18.4. The van der Waals surface area contributed by atoms with Crippen molar-refractivity contribution in [3.05, 3.63) is 88.9 Å². The van der Waals surface area contributed by atoms with Crippen LogP contribution < -0.4 is 10.6 Å². The van der Waals surface area contributed by atoms with Crippen molar-refractivity contribution in [3.63, 3.8) is 0 Å². The maximum Gasteiger partial charge on any atom is 0.255 e. The molecule has 0 bridgehead atoms. The van der Waals surface area contributed by atoms with Crippen LogP contribution in [-0.2, 0) is 4.79 Å². The largest absolute Gasteiger partial charge is 0.325 e. The van der Waals surface area contributed by atoms with Gasteiger partial charge in [0.2, 0.25) is 5.91 Å². The molecule has 0 aliphatic carbocycles. The summed E-state index contributed by atoms with van der Waals surface area (Å²) < 4.78 is 0. The van der Waals surface area contributed by atoms with Crippen molar-refractivity contribution in [3.8, 4) is 0 Å². The molecule has 30 heavy (non-hydrogen) atoms. The summed E-state index contributed by atoms with van der Waals surface area (Å²) in [5, 5.41) is 6.22. The lowest BCUT2D eigenvalue weighted by atomic mass is 10.1. The van der Waals surface area contributed by atoms with E-state index < -0.39 is 0 Å². The van der Waals surface area contributed by atoms with Crippen molar-refractivity contribution in [2.24, 2.45) is 0 Å². The average molecular weight is 439 g/mol. The van der Waals surface area contributed by atoms with Crippen LogP contribution in [0.2, 0.25) is 5.02 Å². The van der Waals surface area contributed by atoms with Crippen molar-refractivity contribution in [1.29, 1.82) is 0 Å². The van der Waals surface area contributed by atoms with Gasteiger partial charge in [0.1, 0.15) is 0 Å². The van der Waals surface area contributed by atoms with Crippen LogP contribution in [0.25, 0.3) is 0 Å². The van der Waals surface area contributed by atoms with Gasteiger partial charge in [-0.3, -0.25) is 9.59 Å². The Kier molecular flexibility index (Phi) is 7.55. The summed E-state index contributed by atoms with van der Waals surface area (Å²) in [7, 11) is 0. The second-order valence-electron chi connectivity index (χ2n) is 6.86. The van der Waals surface area contributed by atoms with Gasteiger partial charge in [-0.15, -0.1) is 11.8 Å². The van der Waals surface area contributed by atoms with Crippen LogP contribution in [0.3, 0.4) is 0 Å². The normalized spacial score (nSPS) is 11.6. The highest BCUT2D eigenvalue weighted by molar-refractivity contribution is 8.00. The fourth-order valence-corrected chi connectivity index (χ4v) is 4.02. The molecule has 154 valence electrons. The van der Waals surface area contributed by atoms with Gasteiger partial charge < -0.3 is 10.6 Å². The molecule has 0 saturated carbocycles. The Bertz CT molecular complexity index is 1040. The van der Waals surface area contributed by atoms with Gasteiger partial charge in [0.05, 0.1) is 5.25 Å². The Morgan fingerprint density at radius 2 is 1.67 bits per heavy atom. The van der Waals surface area contributed by atoms with E-state index >= 15 is 0 Å². The lowest BCUT2D eigenvalue weighted by Gasteiger charge is -2.15. The van der Waals surface area contributed by atoms with Crippen LogP contribution in [-0.4, -0.2) is 17.1 Å². The standard InChI is InChI=1S/C24H23ClN2O2S/c1-3-22(24(29)26-19-12-10-18(25)11-13-19)30-21-9-5-8-20(15-21)27-23(28)17-7-4-6-16(2)14-17/h4-15,22H,3H2,1-2H3,(H,26,29)(H,27,28). The summed E-state index contributed by atoms with van der Waals surface area (Å²) in [6.45, 7) is 3.93. The van der Waals surface area contributed by atoms with Crippen molar-refractivity contribution < 1.29 is 9.59 Å². The SMILES string of the molecule is CCC(Sc1cccc(NC(=O)c2cccc(C)c2)c1)C(=O)Nc1ccc(Cl)cc1. The first-order valence-electron chi connectivity index (χ1n) is 9.66. The molecule has 2 amide bonds. The topological polar surface area (TPSA) is 58.2 Å². The van der Waals surface area contributed by atoms with Crippen molar-refractivity contribution in [2.45, 2.75) is 30.4 Å². The first-order valence-corrected chi connectivity index (χ1v) is 10.9. The Morgan fingerprint density at radius 3 is 2.37 bits per heavy atom. The molecule has 1 unspecified atom stereocenters. The number of benzene rings is 3. The quantitative estimate of drug-likeness (QED) is 0.419. The van der Waals surface area contributed by atoms with Gasteiger partial charge in [-0.2, -0.15) is 0 Å². The summed E-state index contributed by atoms with van der Waals surface area (Å²) in [6.07, 6.45) is 0.671. The first kappa shape index (κ1) is 21.9. The van der Waals surface area contributed by atoms with Gasteiger partial charge >= 0.3 is 0 Å². The second-order valence-corrected chi connectivity index (χ2v) is 8.57. The molecule has 0 aromatic heterocycles. The predicted molar refractivity (Wildman–Crippen MR) is 126 cm³/mol.